The van der Waals surface area contributed by atoms with E-state index in [1.54, 1.807) is 0 Å². The molecule has 1 spiro atoms. The largest absolute Gasteiger partial charge is 0.470 e. The summed E-state index contributed by atoms with van der Waals surface area (Å²) in [5.74, 6) is 1.58. The first-order chi connectivity index (χ1) is 13.6. The normalized spacial score (nSPS) is 23.7. The van der Waals surface area contributed by atoms with Crippen molar-refractivity contribution in [1.29, 1.82) is 0 Å². The maximum Gasteiger partial charge on any atom is 0.182 e. The predicted molar refractivity (Wildman–Crippen MR) is 113 cm³/mol. The Bertz CT molecular complexity index is 894. The van der Waals surface area contributed by atoms with Crippen molar-refractivity contribution < 1.29 is 4.74 Å². The Labute approximate surface area is 167 Å². The number of piperidine rings is 1. The molecular weight excluding hydrogens is 346 g/mol. The summed E-state index contributed by atoms with van der Waals surface area (Å²) >= 11 is 0. The zero-order valence-corrected chi connectivity index (χ0v) is 17.0. The van der Waals surface area contributed by atoms with E-state index in [4.69, 9.17) is 4.74 Å². The molecule has 0 bridgehead atoms. The van der Waals surface area contributed by atoms with E-state index >= 15 is 0 Å². The van der Waals surface area contributed by atoms with Gasteiger partial charge >= 0.3 is 0 Å². The molecule has 0 amide bonds. The predicted octanol–water partition coefficient (Wildman–Crippen LogP) is 4.53. The quantitative estimate of drug-likeness (QED) is 0.835. The molecule has 0 unspecified atom stereocenters. The van der Waals surface area contributed by atoms with Crippen LogP contribution in [-0.4, -0.2) is 35.8 Å². The summed E-state index contributed by atoms with van der Waals surface area (Å²) in [7, 11) is 2.19. The first kappa shape index (κ1) is 17.8. The molecule has 3 aliphatic heterocycles. The monoisotopic (exact) mass is 375 g/mol. The van der Waals surface area contributed by atoms with Gasteiger partial charge in [0.25, 0.3) is 0 Å². The molecule has 0 radical (unpaired) electrons. The topological polar surface area (TPSA) is 27.7 Å². The van der Waals surface area contributed by atoms with Crippen LogP contribution in [0.4, 0.5) is 0 Å². The maximum atomic E-state index is 6.66. The summed E-state index contributed by atoms with van der Waals surface area (Å²) in [6.45, 7) is 6.57. The van der Waals surface area contributed by atoms with E-state index in [2.05, 4.69) is 90.8 Å². The van der Waals surface area contributed by atoms with Gasteiger partial charge in [0.15, 0.2) is 5.72 Å². The third-order valence-electron chi connectivity index (χ3n) is 6.48. The van der Waals surface area contributed by atoms with Gasteiger partial charge in [0.2, 0.25) is 0 Å². The van der Waals surface area contributed by atoms with Crippen LogP contribution in [0.25, 0.3) is 5.70 Å². The first-order valence-corrected chi connectivity index (χ1v) is 10.4. The van der Waals surface area contributed by atoms with Gasteiger partial charge in [-0.2, -0.15) is 5.01 Å². The van der Waals surface area contributed by atoms with Gasteiger partial charge in [-0.3, -0.25) is 0 Å². The number of hydrogen-bond acceptors (Lipinski definition) is 4. The lowest BCUT2D eigenvalue weighted by atomic mass is 9.93. The highest BCUT2D eigenvalue weighted by molar-refractivity contribution is 5.68. The van der Waals surface area contributed by atoms with Gasteiger partial charge in [0.1, 0.15) is 5.75 Å². The molecule has 5 rings (SSSR count). The highest BCUT2D eigenvalue weighted by Crippen LogP contribution is 2.48. The molecule has 1 saturated heterocycles. The summed E-state index contributed by atoms with van der Waals surface area (Å²) in [4.78, 5) is 2.39. The van der Waals surface area contributed by atoms with E-state index in [1.807, 2.05) is 0 Å². The van der Waals surface area contributed by atoms with Crippen molar-refractivity contribution in [3.63, 3.8) is 0 Å². The lowest BCUT2D eigenvalue weighted by Crippen LogP contribution is -2.63. The molecule has 2 aromatic carbocycles. The number of benzene rings is 2. The summed E-state index contributed by atoms with van der Waals surface area (Å²) in [5, 5.41) is 2.37. The highest BCUT2D eigenvalue weighted by Gasteiger charge is 2.51. The second-order valence-electron chi connectivity index (χ2n) is 8.67. The molecule has 0 aromatic heterocycles. The van der Waals surface area contributed by atoms with Gasteiger partial charge in [-0.15, -0.1) is 0 Å². The Balaban J connectivity index is 1.52. The molecule has 0 saturated carbocycles. The van der Waals surface area contributed by atoms with Crippen LogP contribution in [0, 0.1) is 0 Å². The SMILES string of the molecule is CC(C)c1ccc(C2=C[C@@H]3c4ccccc4OC4(CCN(C)CC4)N3N2)cc1. The lowest BCUT2D eigenvalue weighted by Gasteiger charge is -2.51. The summed E-state index contributed by atoms with van der Waals surface area (Å²) < 4.78 is 6.66. The van der Waals surface area contributed by atoms with Gasteiger partial charge < -0.3 is 15.1 Å². The van der Waals surface area contributed by atoms with Crippen molar-refractivity contribution in [2.45, 2.75) is 44.4 Å². The van der Waals surface area contributed by atoms with Gasteiger partial charge in [0.05, 0.1) is 11.7 Å². The zero-order valence-electron chi connectivity index (χ0n) is 17.0. The van der Waals surface area contributed by atoms with Gasteiger partial charge in [-0.25, -0.2) is 0 Å². The van der Waals surface area contributed by atoms with Gasteiger partial charge in [0, 0.05) is 31.5 Å². The molecule has 1 N–H and O–H groups in total. The minimum atomic E-state index is -0.290. The zero-order chi connectivity index (χ0) is 19.3. The standard InChI is InChI=1S/C24H29N3O/c1-17(2)18-8-10-19(11-9-18)21-16-22-20-6-4-5-7-23(20)28-24(27(22)25-21)12-14-26(3)15-13-24/h4-11,16-17,22,25H,12-15H2,1-3H3/t22-/m1/s1. The Kier molecular flexibility index (Phi) is 4.22. The molecule has 3 heterocycles. The number of ether oxygens (including phenoxy) is 1. The third-order valence-corrected chi connectivity index (χ3v) is 6.48. The number of nitrogens with zero attached hydrogens (tertiary/aromatic N) is 2. The molecule has 28 heavy (non-hydrogen) atoms. The fourth-order valence-corrected chi connectivity index (χ4v) is 4.64. The molecule has 4 nitrogen and oxygen atoms in total. The summed E-state index contributed by atoms with van der Waals surface area (Å²) in [6, 6.07) is 17.7. The number of likely N-dealkylation sites (tertiary alicyclic amines) is 1. The molecule has 146 valence electrons. The van der Waals surface area contributed by atoms with Crippen LogP contribution in [0.2, 0.25) is 0 Å². The fraction of sp³-hybridized carbons (Fsp3) is 0.417. The number of hydrazine groups is 1. The molecule has 0 aliphatic carbocycles. The third kappa shape index (κ3) is 2.83. The van der Waals surface area contributed by atoms with Crippen LogP contribution in [-0.2, 0) is 0 Å². The highest BCUT2D eigenvalue weighted by atomic mass is 16.5. The van der Waals surface area contributed by atoms with Crippen molar-refractivity contribution in [2.24, 2.45) is 0 Å². The van der Waals surface area contributed by atoms with Crippen LogP contribution in [0.3, 0.4) is 0 Å². The van der Waals surface area contributed by atoms with Crippen LogP contribution >= 0.6 is 0 Å². The molecular formula is C24H29N3O. The van der Waals surface area contributed by atoms with E-state index in [9.17, 15) is 0 Å². The van der Waals surface area contributed by atoms with Crippen LogP contribution < -0.4 is 10.2 Å². The van der Waals surface area contributed by atoms with Crippen LogP contribution in [0.15, 0.2) is 54.6 Å². The Morgan fingerprint density at radius 3 is 2.46 bits per heavy atom. The minimum Gasteiger partial charge on any atom is -0.470 e. The van der Waals surface area contributed by atoms with E-state index < -0.39 is 0 Å². The molecule has 1 atom stereocenters. The molecule has 3 aliphatic rings. The lowest BCUT2D eigenvalue weighted by molar-refractivity contribution is -0.157. The van der Waals surface area contributed by atoms with Crippen molar-refractivity contribution in [1.82, 2.24) is 15.3 Å². The number of fused-ring (bicyclic) bond motifs is 4. The van der Waals surface area contributed by atoms with E-state index in [0.717, 1.165) is 31.7 Å². The van der Waals surface area contributed by atoms with E-state index in [1.165, 1.54) is 22.4 Å². The second kappa shape index (κ2) is 6.64. The minimum absolute atomic E-state index is 0.202. The first-order valence-electron chi connectivity index (χ1n) is 10.4. The van der Waals surface area contributed by atoms with Crippen molar-refractivity contribution in [3.05, 3.63) is 71.3 Å². The number of hydrogen-bond donors (Lipinski definition) is 1. The average Bonchev–Trinajstić information content (AvgIpc) is 3.17. The summed E-state index contributed by atoms with van der Waals surface area (Å²) in [6.07, 6.45) is 4.36. The van der Waals surface area contributed by atoms with Gasteiger partial charge in [-0.05, 0) is 36.2 Å². The van der Waals surface area contributed by atoms with Crippen LogP contribution in [0.1, 0.15) is 55.3 Å². The molecule has 4 heteroatoms. The number of rotatable bonds is 2. The maximum absolute atomic E-state index is 6.66. The number of para-hydroxylation sites is 1. The fourth-order valence-electron chi connectivity index (χ4n) is 4.64. The smallest absolute Gasteiger partial charge is 0.182 e. The van der Waals surface area contributed by atoms with Crippen molar-refractivity contribution >= 4 is 5.70 Å². The number of nitrogens with one attached hydrogen (secondary N) is 1. The Hall–Kier alpha value is -2.30. The molecule has 2 aromatic rings. The second-order valence-corrected chi connectivity index (χ2v) is 8.67. The van der Waals surface area contributed by atoms with Crippen LogP contribution in [0.5, 0.6) is 5.75 Å². The van der Waals surface area contributed by atoms with E-state index in [0.29, 0.717) is 5.92 Å². The molecule has 1 fully saturated rings. The average molecular weight is 376 g/mol. The van der Waals surface area contributed by atoms with E-state index in [-0.39, 0.29) is 11.8 Å². The summed E-state index contributed by atoms with van der Waals surface area (Å²) in [5.41, 5.74) is 8.47. The van der Waals surface area contributed by atoms with Crippen molar-refractivity contribution in [2.75, 3.05) is 20.1 Å². The Morgan fingerprint density at radius 1 is 1.04 bits per heavy atom. The van der Waals surface area contributed by atoms with Gasteiger partial charge in [-0.1, -0.05) is 56.3 Å². The Morgan fingerprint density at radius 2 is 1.75 bits per heavy atom. The van der Waals surface area contributed by atoms with Crippen molar-refractivity contribution in [3.8, 4) is 5.75 Å².